The first-order valence-electron chi connectivity index (χ1n) is 5.67. The van der Waals surface area contributed by atoms with Gasteiger partial charge in [0.2, 0.25) is 0 Å². The van der Waals surface area contributed by atoms with Gasteiger partial charge in [-0.1, -0.05) is 31.5 Å². The van der Waals surface area contributed by atoms with Gasteiger partial charge in [0, 0.05) is 13.1 Å². The zero-order valence-electron chi connectivity index (χ0n) is 10.0. The standard InChI is InChI=1S/C13H16ClNO2/c1-13(2)6-7-15(8-13)10-5-3-4-9(14)11(10)12(16)17/h3-5H,6-8H2,1-2H3,(H,16,17). The lowest BCUT2D eigenvalue weighted by molar-refractivity contribution is 0.0697. The molecule has 17 heavy (non-hydrogen) atoms. The highest BCUT2D eigenvalue weighted by Crippen LogP contribution is 2.36. The molecule has 0 bridgehead atoms. The van der Waals surface area contributed by atoms with E-state index in [-0.39, 0.29) is 11.0 Å². The number of benzene rings is 1. The maximum atomic E-state index is 11.2. The Morgan fingerprint density at radius 2 is 2.18 bits per heavy atom. The molecule has 0 spiro atoms. The Labute approximate surface area is 106 Å². The molecule has 0 atom stereocenters. The van der Waals surface area contributed by atoms with Crippen LogP contribution in [0.1, 0.15) is 30.6 Å². The molecule has 1 aromatic rings. The van der Waals surface area contributed by atoms with Gasteiger partial charge in [-0.15, -0.1) is 0 Å². The smallest absolute Gasteiger partial charge is 0.339 e. The monoisotopic (exact) mass is 253 g/mol. The van der Waals surface area contributed by atoms with Crippen LogP contribution in [0.4, 0.5) is 5.69 Å². The van der Waals surface area contributed by atoms with Gasteiger partial charge in [-0.25, -0.2) is 4.79 Å². The normalized spacial score (nSPS) is 18.4. The van der Waals surface area contributed by atoms with Gasteiger partial charge in [0.15, 0.2) is 0 Å². The van der Waals surface area contributed by atoms with Crippen LogP contribution in [0.3, 0.4) is 0 Å². The number of halogens is 1. The molecule has 1 saturated heterocycles. The summed E-state index contributed by atoms with van der Waals surface area (Å²) in [4.78, 5) is 13.4. The van der Waals surface area contributed by atoms with Gasteiger partial charge in [-0.05, 0) is 24.0 Å². The van der Waals surface area contributed by atoms with E-state index in [0.717, 1.165) is 25.2 Å². The molecular formula is C13H16ClNO2. The predicted molar refractivity (Wildman–Crippen MR) is 69.0 cm³/mol. The number of carboxylic acids is 1. The molecule has 0 unspecified atom stereocenters. The maximum absolute atomic E-state index is 11.2. The summed E-state index contributed by atoms with van der Waals surface area (Å²) in [5, 5.41) is 9.53. The number of aromatic carboxylic acids is 1. The summed E-state index contributed by atoms with van der Waals surface area (Å²) in [6, 6.07) is 5.25. The number of nitrogens with zero attached hydrogens (tertiary/aromatic N) is 1. The first kappa shape index (κ1) is 12.2. The van der Waals surface area contributed by atoms with E-state index < -0.39 is 5.97 Å². The molecule has 1 fully saturated rings. The quantitative estimate of drug-likeness (QED) is 0.879. The molecule has 0 aliphatic carbocycles. The number of carboxylic acid groups (broad SMARTS) is 1. The third-order valence-electron chi connectivity index (χ3n) is 3.22. The van der Waals surface area contributed by atoms with E-state index in [4.69, 9.17) is 11.6 Å². The van der Waals surface area contributed by atoms with Crippen molar-refractivity contribution >= 4 is 23.3 Å². The molecule has 1 heterocycles. The average Bonchev–Trinajstić information content (AvgIpc) is 2.57. The van der Waals surface area contributed by atoms with E-state index in [1.54, 1.807) is 12.1 Å². The van der Waals surface area contributed by atoms with Gasteiger partial charge < -0.3 is 10.0 Å². The van der Waals surface area contributed by atoms with E-state index >= 15 is 0 Å². The molecule has 0 radical (unpaired) electrons. The molecule has 92 valence electrons. The fraction of sp³-hybridized carbons (Fsp3) is 0.462. The number of anilines is 1. The van der Waals surface area contributed by atoms with Crippen LogP contribution in [0.2, 0.25) is 5.02 Å². The van der Waals surface area contributed by atoms with Crippen LogP contribution in [0, 0.1) is 5.41 Å². The number of carbonyl (C=O) groups is 1. The highest BCUT2D eigenvalue weighted by molar-refractivity contribution is 6.34. The minimum absolute atomic E-state index is 0.215. The molecule has 4 heteroatoms. The van der Waals surface area contributed by atoms with Crippen LogP contribution in [0.5, 0.6) is 0 Å². The second-order valence-electron chi connectivity index (χ2n) is 5.27. The Morgan fingerprint density at radius 1 is 1.47 bits per heavy atom. The predicted octanol–water partition coefficient (Wildman–Crippen LogP) is 3.27. The van der Waals surface area contributed by atoms with Crippen LogP contribution in [-0.4, -0.2) is 24.2 Å². The fourth-order valence-electron chi connectivity index (χ4n) is 2.31. The van der Waals surface area contributed by atoms with E-state index in [1.165, 1.54) is 0 Å². The lowest BCUT2D eigenvalue weighted by Gasteiger charge is -2.23. The highest BCUT2D eigenvalue weighted by Gasteiger charge is 2.31. The summed E-state index contributed by atoms with van der Waals surface area (Å²) in [6.07, 6.45) is 1.07. The van der Waals surface area contributed by atoms with Crippen LogP contribution >= 0.6 is 11.6 Å². The Balaban J connectivity index is 2.40. The maximum Gasteiger partial charge on any atom is 0.339 e. The summed E-state index contributed by atoms with van der Waals surface area (Å²) in [5.41, 5.74) is 1.18. The van der Waals surface area contributed by atoms with Crippen molar-refractivity contribution in [3.8, 4) is 0 Å². The molecule has 1 aromatic carbocycles. The van der Waals surface area contributed by atoms with Crippen LogP contribution in [-0.2, 0) is 0 Å². The fourth-order valence-corrected chi connectivity index (χ4v) is 2.56. The first-order valence-corrected chi connectivity index (χ1v) is 6.05. The molecule has 1 aliphatic rings. The zero-order chi connectivity index (χ0) is 12.6. The Kier molecular flexibility index (Phi) is 3.04. The van der Waals surface area contributed by atoms with E-state index in [0.29, 0.717) is 5.02 Å². The Hall–Kier alpha value is -1.22. The van der Waals surface area contributed by atoms with Crippen molar-refractivity contribution < 1.29 is 9.90 Å². The summed E-state index contributed by atoms with van der Waals surface area (Å²) >= 11 is 5.97. The van der Waals surface area contributed by atoms with Crippen molar-refractivity contribution in [2.24, 2.45) is 5.41 Å². The van der Waals surface area contributed by atoms with Gasteiger partial charge >= 0.3 is 5.97 Å². The zero-order valence-corrected chi connectivity index (χ0v) is 10.8. The molecule has 0 amide bonds. The minimum atomic E-state index is -0.963. The highest BCUT2D eigenvalue weighted by atomic mass is 35.5. The van der Waals surface area contributed by atoms with Gasteiger partial charge in [-0.2, -0.15) is 0 Å². The van der Waals surface area contributed by atoms with Crippen molar-refractivity contribution in [2.75, 3.05) is 18.0 Å². The summed E-state index contributed by atoms with van der Waals surface area (Å²) in [6.45, 7) is 6.14. The SMILES string of the molecule is CC1(C)CCN(c2cccc(Cl)c2C(=O)O)C1. The largest absolute Gasteiger partial charge is 0.478 e. The summed E-state index contributed by atoms with van der Waals surface area (Å²) < 4.78 is 0. The molecule has 0 saturated carbocycles. The van der Waals surface area contributed by atoms with Crippen molar-refractivity contribution in [3.63, 3.8) is 0 Å². The lowest BCUT2D eigenvalue weighted by atomic mass is 9.93. The first-order chi connectivity index (χ1) is 7.91. The Morgan fingerprint density at radius 3 is 2.71 bits per heavy atom. The van der Waals surface area contributed by atoms with E-state index in [1.807, 2.05) is 6.07 Å². The van der Waals surface area contributed by atoms with Gasteiger partial charge in [-0.3, -0.25) is 0 Å². The molecule has 1 aliphatic heterocycles. The van der Waals surface area contributed by atoms with Crippen molar-refractivity contribution in [3.05, 3.63) is 28.8 Å². The van der Waals surface area contributed by atoms with Crippen molar-refractivity contribution in [1.82, 2.24) is 0 Å². The third kappa shape index (κ3) is 2.39. The summed E-state index contributed by atoms with van der Waals surface area (Å²) in [7, 11) is 0. The van der Waals surface area contributed by atoms with Gasteiger partial charge in [0.05, 0.1) is 10.7 Å². The average molecular weight is 254 g/mol. The minimum Gasteiger partial charge on any atom is -0.478 e. The van der Waals surface area contributed by atoms with E-state index in [2.05, 4.69) is 18.7 Å². The van der Waals surface area contributed by atoms with Crippen LogP contribution in [0.25, 0.3) is 0 Å². The lowest BCUT2D eigenvalue weighted by Crippen LogP contribution is -2.24. The topological polar surface area (TPSA) is 40.5 Å². The number of rotatable bonds is 2. The Bertz CT molecular complexity index is 457. The second kappa shape index (κ2) is 4.22. The molecule has 2 rings (SSSR count). The van der Waals surface area contributed by atoms with Crippen molar-refractivity contribution in [2.45, 2.75) is 20.3 Å². The second-order valence-corrected chi connectivity index (χ2v) is 5.68. The van der Waals surface area contributed by atoms with Crippen LogP contribution in [0.15, 0.2) is 18.2 Å². The number of hydrogen-bond acceptors (Lipinski definition) is 2. The van der Waals surface area contributed by atoms with Gasteiger partial charge in [0.1, 0.15) is 5.56 Å². The number of hydrogen-bond donors (Lipinski definition) is 1. The van der Waals surface area contributed by atoms with E-state index in [9.17, 15) is 9.90 Å². The van der Waals surface area contributed by atoms with Crippen LogP contribution < -0.4 is 4.90 Å². The van der Waals surface area contributed by atoms with Gasteiger partial charge in [0.25, 0.3) is 0 Å². The molecule has 1 N–H and O–H groups in total. The molecular weight excluding hydrogens is 238 g/mol. The molecule has 3 nitrogen and oxygen atoms in total. The third-order valence-corrected chi connectivity index (χ3v) is 3.54. The van der Waals surface area contributed by atoms with Crippen molar-refractivity contribution in [1.29, 1.82) is 0 Å². The summed E-state index contributed by atoms with van der Waals surface area (Å²) in [5.74, 6) is -0.963. The molecule has 0 aromatic heterocycles.